The van der Waals surface area contributed by atoms with Gasteiger partial charge in [-0.2, -0.15) is 0 Å². The molecule has 0 saturated heterocycles. The normalized spacial score (nSPS) is 11.2. The molecule has 1 aromatic heterocycles. The number of ketones is 1. The molecule has 0 aliphatic heterocycles. The SMILES string of the molecule is CCC(=O)c1ccc(OC(C)(C)C)cn1. The van der Waals surface area contributed by atoms with E-state index in [1.54, 1.807) is 18.3 Å². The number of rotatable bonds is 3. The Morgan fingerprint density at radius 2 is 2.07 bits per heavy atom. The van der Waals surface area contributed by atoms with E-state index in [4.69, 9.17) is 4.74 Å². The zero-order valence-electron chi connectivity index (χ0n) is 9.70. The molecule has 0 aliphatic carbocycles. The van der Waals surface area contributed by atoms with Crippen molar-refractivity contribution in [2.75, 3.05) is 0 Å². The number of pyridine rings is 1. The van der Waals surface area contributed by atoms with Crippen molar-refractivity contribution in [1.29, 1.82) is 0 Å². The molecular weight excluding hydrogens is 190 g/mol. The topological polar surface area (TPSA) is 39.2 Å². The molecule has 0 bridgehead atoms. The third-order valence-corrected chi connectivity index (χ3v) is 1.77. The van der Waals surface area contributed by atoms with E-state index in [0.717, 1.165) is 0 Å². The number of hydrogen-bond acceptors (Lipinski definition) is 3. The summed E-state index contributed by atoms with van der Waals surface area (Å²) in [6.45, 7) is 7.73. The first-order chi connectivity index (χ1) is 6.92. The predicted octanol–water partition coefficient (Wildman–Crippen LogP) is 2.85. The molecule has 0 radical (unpaired) electrons. The first kappa shape index (κ1) is 11.7. The molecule has 0 atom stereocenters. The second-order valence-electron chi connectivity index (χ2n) is 4.37. The van der Waals surface area contributed by atoms with Crippen LogP contribution in [0.25, 0.3) is 0 Å². The van der Waals surface area contributed by atoms with Crippen LogP contribution in [0.3, 0.4) is 0 Å². The number of carbonyl (C=O) groups is 1. The molecule has 0 unspecified atom stereocenters. The van der Waals surface area contributed by atoms with Crippen molar-refractivity contribution in [3.63, 3.8) is 0 Å². The predicted molar refractivity (Wildman–Crippen MR) is 59.2 cm³/mol. The van der Waals surface area contributed by atoms with E-state index in [2.05, 4.69) is 4.98 Å². The molecule has 15 heavy (non-hydrogen) atoms. The van der Waals surface area contributed by atoms with E-state index < -0.39 is 0 Å². The summed E-state index contributed by atoms with van der Waals surface area (Å²) in [4.78, 5) is 15.4. The van der Waals surface area contributed by atoms with Crippen LogP contribution in [-0.2, 0) is 0 Å². The van der Waals surface area contributed by atoms with Crippen LogP contribution in [-0.4, -0.2) is 16.4 Å². The number of ether oxygens (including phenoxy) is 1. The third-order valence-electron chi connectivity index (χ3n) is 1.77. The highest BCUT2D eigenvalue weighted by Crippen LogP contribution is 2.17. The van der Waals surface area contributed by atoms with Crippen molar-refractivity contribution >= 4 is 5.78 Å². The van der Waals surface area contributed by atoms with Crippen molar-refractivity contribution in [3.8, 4) is 5.75 Å². The second kappa shape index (κ2) is 4.43. The van der Waals surface area contributed by atoms with Crippen molar-refractivity contribution < 1.29 is 9.53 Å². The van der Waals surface area contributed by atoms with E-state index in [9.17, 15) is 4.79 Å². The minimum Gasteiger partial charge on any atom is -0.487 e. The molecule has 3 nitrogen and oxygen atoms in total. The summed E-state index contributed by atoms with van der Waals surface area (Å²) in [5, 5.41) is 0. The largest absolute Gasteiger partial charge is 0.487 e. The van der Waals surface area contributed by atoms with Gasteiger partial charge in [-0.1, -0.05) is 6.92 Å². The smallest absolute Gasteiger partial charge is 0.180 e. The summed E-state index contributed by atoms with van der Waals surface area (Å²) >= 11 is 0. The quantitative estimate of drug-likeness (QED) is 0.715. The van der Waals surface area contributed by atoms with Gasteiger partial charge in [0.1, 0.15) is 17.0 Å². The molecular formula is C12H17NO2. The van der Waals surface area contributed by atoms with Gasteiger partial charge in [0, 0.05) is 6.42 Å². The van der Waals surface area contributed by atoms with E-state index in [1.807, 2.05) is 27.7 Å². The first-order valence-electron chi connectivity index (χ1n) is 5.10. The average molecular weight is 207 g/mol. The Hall–Kier alpha value is -1.38. The molecule has 1 rings (SSSR count). The Morgan fingerprint density at radius 3 is 2.47 bits per heavy atom. The lowest BCUT2D eigenvalue weighted by atomic mass is 10.2. The van der Waals surface area contributed by atoms with Gasteiger partial charge in [-0.3, -0.25) is 4.79 Å². The van der Waals surface area contributed by atoms with Crippen LogP contribution in [0.15, 0.2) is 18.3 Å². The minimum atomic E-state index is -0.238. The van der Waals surface area contributed by atoms with Gasteiger partial charge in [0.05, 0.1) is 6.20 Å². The molecule has 1 aromatic rings. The fourth-order valence-corrected chi connectivity index (χ4v) is 1.14. The Morgan fingerprint density at radius 1 is 1.40 bits per heavy atom. The van der Waals surface area contributed by atoms with Crippen LogP contribution < -0.4 is 4.74 Å². The van der Waals surface area contributed by atoms with Crippen molar-refractivity contribution in [2.45, 2.75) is 39.7 Å². The minimum absolute atomic E-state index is 0.0531. The van der Waals surface area contributed by atoms with Crippen LogP contribution in [0.1, 0.15) is 44.6 Å². The zero-order valence-corrected chi connectivity index (χ0v) is 9.70. The maximum absolute atomic E-state index is 11.3. The molecule has 0 saturated carbocycles. The summed E-state index contributed by atoms with van der Waals surface area (Å²) in [7, 11) is 0. The number of hydrogen-bond donors (Lipinski definition) is 0. The average Bonchev–Trinajstić information content (AvgIpc) is 2.15. The fraction of sp³-hybridized carbons (Fsp3) is 0.500. The molecule has 0 fully saturated rings. The van der Waals surface area contributed by atoms with E-state index in [-0.39, 0.29) is 11.4 Å². The van der Waals surface area contributed by atoms with Gasteiger partial charge in [0.15, 0.2) is 5.78 Å². The molecule has 1 heterocycles. The lowest BCUT2D eigenvalue weighted by Gasteiger charge is -2.20. The molecule has 3 heteroatoms. The highest BCUT2D eigenvalue weighted by atomic mass is 16.5. The number of aromatic nitrogens is 1. The molecule has 82 valence electrons. The summed E-state index contributed by atoms with van der Waals surface area (Å²) in [6.07, 6.45) is 2.07. The lowest BCUT2D eigenvalue weighted by molar-refractivity contribution is 0.0983. The Balaban J connectivity index is 2.77. The standard InChI is InChI=1S/C12H17NO2/c1-5-11(14)10-7-6-9(8-13-10)15-12(2,3)4/h6-8H,5H2,1-4H3. The molecule has 0 amide bonds. The van der Waals surface area contributed by atoms with Crippen LogP contribution in [0.5, 0.6) is 5.75 Å². The Bertz CT molecular complexity index is 336. The third kappa shape index (κ3) is 3.70. The lowest BCUT2D eigenvalue weighted by Crippen LogP contribution is -2.23. The van der Waals surface area contributed by atoms with Gasteiger partial charge in [0.2, 0.25) is 0 Å². The summed E-state index contributed by atoms with van der Waals surface area (Å²) in [5.74, 6) is 0.743. The second-order valence-corrected chi connectivity index (χ2v) is 4.37. The maximum Gasteiger partial charge on any atom is 0.180 e. The van der Waals surface area contributed by atoms with Crippen molar-refractivity contribution in [1.82, 2.24) is 4.98 Å². The molecule has 0 aliphatic rings. The van der Waals surface area contributed by atoms with Gasteiger partial charge < -0.3 is 4.74 Å². The Labute approximate surface area is 90.5 Å². The molecule has 0 spiro atoms. The van der Waals surface area contributed by atoms with E-state index >= 15 is 0 Å². The van der Waals surface area contributed by atoms with Crippen LogP contribution >= 0.6 is 0 Å². The first-order valence-corrected chi connectivity index (χ1v) is 5.10. The molecule has 0 N–H and O–H groups in total. The summed E-state index contributed by atoms with van der Waals surface area (Å²) in [5.41, 5.74) is 0.261. The van der Waals surface area contributed by atoms with E-state index in [1.165, 1.54) is 0 Å². The van der Waals surface area contributed by atoms with Crippen LogP contribution in [0.2, 0.25) is 0 Å². The summed E-state index contributed by atoms with van der Waals surface area (Å²) in [6, 6.07) is 3.48. The monoisotopic (exact) mass is 207 g/mol. The van der Waals surface area contributed by atoms with Gasteiger partial charge >= 0.3 is 0 Å². The molecule has 0 aromatic carbocycles. The van der Waals surface area contributed by atoms with Crippen molar-refractivity contribution in [2.24, 2.45) is 0 Å². The van der Waals surface area contributed by atoms with Crippen LogP contribution in [0.4, 0.5) is 0 Å². The Kier molecular flexibility index (Phi) is 3.45. The van der Waals surface area contributed by atoms with E-state index in [0.29, 0.717) is 17.9 Å². The van der Waals surface area contributed by atoms with Crippen LogP contribution in [0, 0.1) is 0 Å². The van der Waals surface area contributed by atoms with Crippen molar-refractivity contribution in [3.05, 3.63) is 24.0 Å². The summed E-state index contributed by atoms with van der Waals surface area (Å²) < 4.78 is 5.60. The highest BCUT2D eigenvalue weighted by molar-refractivity contribution is 5.93. The van der Waals surface area contributed by atoms with Gasteiger partial charge in [-0.25, -0.2) is 4.98 Å². The highest BCUT2D eigenvalue weighted by Gasteiger charge is 2.12. The zero-order chi connectivity index (χ0) is 11.5. The van der Waals surface area contributed by atoms with Gasteiger partial charge in [-0.05, 0) is 32.9 Å². The number of nitrogens with zero attached hydrogens (tertiary/aromatic N) is 1. The fourth-order valence-electron chi connectivity index (χ4n) is 1.14. The number of carbonyl (C=O) groups excluding carboxylic acids is 1. The number of Topliss-reactive ketones (excluding diaryl/α,β-unsaturated/α-hetero) is 1. The maximum atomic E-state index is 11.3. The van der Waals surface area contributed by atoms with Gasteiger partial charge in [-0.15, -0.1) is 0 Å². The van der Waals surface area contributed by atoms with Gasteiger partial charge in [0.25, 0.3) is 0 Å².